The molecule has 1 aliphatic heterocycles. The molecule has 0 radical (unpaired) electrons. The van der Waals surface area contributed by atoms with E-state index in [2.05, 4.69) is 24.0 Å². The van der Waals surface area contributed by atoms with Gasteiger partial charge in [0.25, 0.3) is 0 Å². The quantitative estimate of drug-likeness (QED) is 0.658. The van der Waals surface area contributed by atoms with Crippen molar-refractivity contribution in [2.75, 3.05) is 37.7 Å². The number of likely N-dealkylation sites (N-methyl/N-ethyl adjacent to an activating group) is 1. The van der Waals surface area contributed by atoms with Crippen LogP contribution < -0.4 is 5.73 Å². The van der Waals surface area contributed by atoms with Crippen LogP contribution in [0, 0.1) is 0 Å². The van der Waals surface area contributed by atoms with E-state index < -0.39 is 0 Å². The van der Waals surface area contributed by atoms with Gasteiger partial charge in [-0.25, -0.2) is 0 Å². The monoisotopic (exact) mass is 252 g/mol. The van der Waals surface area contributed by atoms with E-state index in [9.17, 15) is 0 Å². The molecule has 94 valence electrons. The Morgan fingerprint density at radius 1 is 1.41 bits per heavy atom. The zero-order valence-electron chi connectivity index (χ0n) is 10.3. The lowest BCUT2D eigenvalue weighted by Crippen LogP contribution is -2.43. The molecule has 2 rings (SSSR count). The number of anilines is 1. The average molecular weight is 252 g/mol. The molecule has 1 aromatic rings. The van der Waals surface area contributed by atoms with Crippen LogP contribution in [0.25, 0.3) is 0 Å². The Balaban J connectivity index is 1.79. The standard InChI is InChI=1S/C13H20N2OS/c1-2-15-7-8-16-12(9-15)10-17-13-5-3-11(14)4-6-13/h3-6,12H,2,7-10,14H2,1H3. The molecule has 0 bridgehead atoms. The number of ether oxygens (including phenoxy) is 1. The molecule has 1 aliphatic rings. The lowest BCUT2D eigenvalue weighted by Gasteiger charge is -2.31. The molecular formula is C13H20N2OS. The van der Waals surface area contributed by atoms with Gasteiger partial charge in [-0.05, 0) is 30.8 Å². The summed E-state index contributed by atoms with van der Waals surface area (Å²) in [4.78, 5) is 3.70. The van der Waals surface area contributed by atoms with Crippen LogP contribution in [0.4, 0.5) is 5.69 Å². The number of hydrogen-bond donors (Lipinski definition) is 1. The zero-order chi connectivity index (χ0) is 12.1. The summed E-state index contributed by atoms with van der Waals surface area (Å²) >= 11 is 1.84. The van der Waals surface area contributed by atoms with Crippen LogP contribution in [0.2, 0.25) is 0 Å². The fourth-order valence-corrected chi connectivity index (χ4v) is 2.83. The topological polar surface area (TPSA) is 38.5 Å². The van der Waals surface area contributed by atoms with Crippen molar-refractivity contribution in [1.29, 1.82) is 0 Å². The molecule has 1 aromatic carbocycles. The van der Waals surface area contributed by atoms with Gasteiger partial charge >= 0.3 is 0 Å². The summed E-state index contributed by atoms with van der Waals surface area (Å²) in [5, 5.41) is 0. The van der Waals surface area contributed by atoms with Crippen LogP contribution in [0.5, 0.6) is 0 Å². The first kappa shape index (κ1) is 12.7. The van der Waals surface area contributed by atoms with Crippen molar-refractivity contribution >= 4 is 17.4 Å². The maximum absolute atomic E-state index is 5.77. The second kappa shape index (κ2) is 6.28. The van der Waals surface area contributed by atoms with Crippen LogP contribution in [0.1, 0.15) is 6.92 Å². The molecule has 0 amide bonds. The minimum atomic E-state index is 0.353. The van der Waals surface area contributed by atoms with Crippen molar-refractivity contribution in [3.8, 4) is 0 Å². The summed E-state index contributed by atoms with van der Waals surface area (Å²) < 4.78 is 5.77. The molecule has 4 heteroatoms. The number of nitrogens with zero attached hydrogens (tertiary/aromatic N) is 1. The maximum Gasteiger partial charge on any atom is 0.0796 e. The van der Waals surface area contributed by atoms with Gasteiger partial charge in [0.05, 0.1) is 12.7 Å². The Hall–Kier alpha value is -0.710. The van der Waals surface area contributed by atoms with Gasteiger partial charge in [0.2, 0.25) is 0 Å². The van der Waals surface area contributed by atoms with Gasteiger partial charge in [0, 0.05) is 29.4 Å². The highest BCUT2D eigenvalue weighted by atomic mass is 32.2. The fourth-order valence-electron chi connectivity index (χ4n) is 1.92. The van der Waals surface area contributed by atoms with Crippen LogP contribution in [0.3, 0.4) is 0 Å². The number of nitrogen functional groups attached to an aromatic ring is 1. The van der Waals surface area contributed by atoms with Gasteiger partial charge in [-0.3, -0.25) is 4.90 Å². The van der Waals surface area contributed by atoms with E-state index in [1.165, 1.54) is 4.90 Å². The van der Waals surface area contributed by atoms with E-state index in [-0.39, 0.29) is 0 Å². The third-order valence-electron chi connectivity index (χ3n) is 2.99. The van der Waals surface area contributed by atoms with E-state index >= 15 is 0 Å². The lowest BCUT2D eigenvalue weighted by atomic mass is 10.3. The highest BCUT2D eigenvalue weighted by Crippen LogP contribution is 2.21. The highest BCUT2D eigenvalue weighted by Gasteiger charge is 2.19. The van der Waals surface area contributed by atoms with Gasteiger partial charge in [-0.15, -0.1) is 11.8 Å². The molecule has 0 spiro atoms. The van der Waals surface area contributed by atoms with E-state index in [0.717, 1.165) is 37.7 Å². The van der Waals surface area contributed by atoms with Crippen LogP contribution in [0.15, 0.2) is 29.2 Å². The molecule has 0 saturated carbocycles. The van der Waals surface area contributed by atoms with Crippen molar-refractivity contribution in [1.82, 2.24) is 4.90 Å². The highest BCUT2D eigenvalue weighted by molar-refractivity contribution is 7.99. The molecule has 2 N–H and O–H groups in total. The summed E-state index contributed by atoms with van der Waals surface area (Å²) in [5.74, 6) is 1.01. The average Bonchev–Trinajstić information content (AvgIpc) is 2.38. The van der Waals surface area contributed by atoms with E-state index in [1.54, 1.807) is 0 Å². The van der Waals surface area contributed by atoms with Crippen molar-refractivity contribution in [3.63, 3.8) is 0 Å². The zero-order valence-corrected chi connectivity index (χ0v) is 11.1. The Kier molecular flexibility index (Phi) is 4.71. The molecule has 1 fully saturated rings. The molecule has 1 atom stereocenters. The smallest absolute Gasteiger partial charge is 0.0796 e. The van der Waals surface area contributed by atoms with Gasteiger partial charge in [0.1, 0.15) is 0 Å². The SMILES string of the molecule is CCN1CCOC(CSc2ccc(N)cc2)C1. The van der Waals surface area contributed by atoms with Gasteiger partial charge in [-0.1, -0.05) is 6.92 Å². The van der Waals surface area contributed by atoms with Crippen LogP contribution >= 0.6 is 11.8 Å². The Labute approximate surface area is 107 Å². The minimum Gasteiger partial charge on any atom is -0.399 e. The third kappa shape index (κ3) is 3.91. The van der Waals surface area contributed by atoms with Crippen molar-refractivity contribution < 1.29 is 4.74 Å². The molecule has 1 unspecified atom stereocenters. The second-order valence-corrected chi connectivity index (χ2v) is 5.36. The molecule has 3 nitrogen and oxygen atoms in total. The number of rotatable bonds is 4. The predicted octanol–water partition coefficient (Wildman–Crippen LogP) is 2.08. The normalized spacial score (nSPS) is 21.6. The van der Waals surface area contributed by atoms with Crippen LogP contribution in [-0.4, -0.2) is 43.0 Å². The van der Waals surface area contributed by atoms with Crippen molar-refractivity contribution in [3.05, 3.63) is 24.3 Å². The molecule has 0 aromatic heterocycles. The van der Waals surface area contributed by atoms with Crippen molar-refractivity contribution in [2.24, 2.45) is 0 Å². The molecular weight excluding hydrogens is 232 g/mol. The Bertz CT molecular complexity index is 342. The van der Waals surface area contributed by atoms with Gasteiger partial charge in [0.15, 0.2) is 0 Å². The lowest BCUT2D eigenvalue weighted by molar-refractivity contribution is -0.0137. The summed E-state index contributed by atoms with van der Waals surface area (Å²) in [6.07, 6.45) is 0.353. The fraction of sp³-hybridized carbons (Fsp3) is 0.538. The van der Waals surface area contributed by atoms with Gasteiger partial charge in [-0.2, -0.15) is 0 Å². The molecule has 17 heavy (non-hydrogen) atoms. The predicted molar refractivity (Wildman–Crippen MR) is 73.4 cm³/mol. The number of thioether (sulfide) groups is 1. The number of benzene rings is 1. The van der Waals surface area contributed by atoms with Crippen LogP contribution in [-0.2, 0) is 4.74 Å². The number of hydrogen-bond acceptors (Lipinski definition) is 4. The first-order valence-electron chi connectivity index (χ1n) is 6.10. The van der Waals surface area contributed by atoms with E-state index in [0.29, 0.717) is 6.10 Å². The first-order chi connectivity index (χ1) is 8.28. The number of morpholine rings is 1. The van der Waals surface area contributed by atoms with Crippen molar-refractivity contribution in [2.45, 2.75) is 17.9 Å². The molecule has 1 heterocycles. The van der Waals surface area contributed by atoms with Gasteiger partial charge < -0.3 is 10.5 Å². The summed E-state index contributed by atoms with van der Waals surface area (Å²) in [6, 6.07) is 8.03. The Morgan fingerprint density at radius 3 is 2.88 bits per heavy atom. The second-order valence-electron chi connectivity index (χ2n) is 4.27. The molecule has 0 aliphatic carbocycles. The van der Waals surface area contributed by atoms with E-state index in [4.69, 9.17) is 10.5 Å². The third-order valence-corrected chi connectivity index (χ3v) is 4.13. The summed E-state index contributed by atoms with van der Waals surface area (Å²) in [5.41, 5.74) is 6.48. The maximum atomic E-state index is 5.77. The Morgan fingerprint density at radius 2 is 2.18 bits per heavy atom. The van der Waals surface area contributed by atoms with E-state index in [1.807, 2.05) is 23.9 Å². The molecule has 1 saturated heterocycles. The first-order valence-corrected chi connectivity index (χ1v) is 7.09. The minimum absolute atomic E-state index is 0.353. The number of nitrogens with two attached hydrogens (primary N) is 1. The summed E-state index contributed by atoms with van der Waals surface area (Å²) in [6.45, 7) is 6.31. The summed E-state index contributed by atoms with van der Waals surface area (Å²) in [7, 11) is 0. The largest absolute Gasteiger partial charge is 0.399 e.